The van der Waals surface area contributed by atoms with Crippen LogP contribution >= 0.6 is 0 Å². The number of ether oxygens (including phenoxy) is 1. The van der Waals surface area contributed by atoms with Gasteiger partial charge in [-0.05, 0) is 42.9 Å². The molecule has 27 heavy (non-hydrogen) atoms. The molecule has 1 aromatic carbocycles. The van der Waals surface area contributed by atoms with Crippen molar-refractivity contribution in [3.63, 3.8) is 0 Å². The fourth-order valence-corrected chi connectivity index (χ4v) is 5.21. The second kappa shape index (κ2) is 8.29. The van der Waals surface area contributed by atoms with Gasteiger partial charge in [0.25, 0.3) is 0 Å². The highest BCUT2D eigenvalue weighted by atomic mass is 32.2. The molecule has 0 aliphatic carbocycles. The lowest BCUT2D eigenvalue weighted by Crippen LogP contribution is -2.51. The van der Waals surface area contributed by atoms with Gasteiger partial charge in [0.2, 0.25) is 15.9 Å². The molecule has 1 aromatic rings. The summed E-state index contributed by atoms with van der Waals surface area (Å²) in [5.41, 5.74) is 2.64. The number of hydrogen-bond donors (Lipinski definition) is 0. The Labute approximate surface area is 163 Å². The molecule has 0 radical (unpaired) electrons. The summed E-state index contributed by atoms with van der Waals surface area (Å²) in [6, 6.07) is 3.95. The Kier molecular flexibility index (Phi) is 6.71. The molecule has 0 spiro atoms. The van der Waals surface area contributed by atoms with Crippen LogP contribution in [0.5, 0.6) is 0 Å². The van der Waals surface area contributed by atoms with Gasteiger partial charge in [-0.1, -0.05) is 32.9 Å². The standard InChI is InChI=1S/C20H32N2O4S/c1-7-26-14-18(23)21-8-10-22(11-9-21)27(24,25)19-15(2)12-17(13-16(19)3)20(4,5)6/h12-13H,7-11,14H2,1-6H3. The van der Waals surface area contributed by atoms with Crippen molar-refractivity contribution in [3.8, 4) is 0 Å². The van der Waals surface area contributed by atoms with Crippen molar-refractivity contribution in [1.29, 1.82) is 0 Å². The fourth-order valence-electron chi connectivity index (χ4n) is 3.38. The zero-order chi connectivity index (χ0) is 20.4. The van der Waals surface area contributed by atoms with Gasteiger partial charge in [-0.3, -0.25) is 4.79 Å². The van der Waals surface area contributed by atoms with Crippen LogP contribution in [0, 0.1) is 13.8 Å². The summed E-state index contributed by atoms with van der Waals surface area (Å²) in [4.78, 5) is 14.1. The Hall–Kier alpha value is -1.44. The number of piperazine rings is 1. The molecule has 0 N–H and O–H groups in total. The van der Waals surface area contributed by atoms with E-state index in [0.29, 0.717) is 37.7 Å². The van der Waals surface area contributed by atoms with E-state index in [9.17, 15) is 13.2 Å². The molecule has 1 fully saturated rings. The van der Waals surface area contributed by atoms with Crippen LogP contribution < -0.4 is 0 Å². The van der Waals surface area contributed by atoms with E-state index in [0.717, 1.165) is 16.7 Å². The molecule has 1 heterocycles. The van der Waals surface area contributed by atoms with E-state index < -0.39 is 10.0 Å². The van der Waals surface area contributed by atoms with Crippen LogP contribution in [0.25, 0.3) is 0 Å². The lowest BCUT2D eigenvalue weighted by molar-refractivity contribution is -0.137. The van der Waals surface area contributed by atoms with E-state index in [1.54, 1.807) is 4.90 Å². The van der Waals surface area contributed by atoms with E-state index in [1.165, 1.54) is 4.31 Å². The maximum absolute atomic E-state index is 13.2. The Morgan fingerprint density at radius 3 is 2.04 bits per heavy atom. The van der Waals surface area contributed by atoms with E-state index in [4.69, 9.17) is 4.74 Å². The first-order valence-electron chi connectivity index (χ1n) is 9.46. The van der Waals surface area contributed by atoms with E-state index in [2.05, 4.69) is 20.8 Å². The molecule has 0 unspecified atom stereocenters. The fraction of sp³-hybridized carbons (Fsp3) is 0.650. The van der Waals surface area contributed by atoms with Gasteiger partial charge in [0, 0.05) is 32.8 Å². The third-order valence-corrected chi connectivity index (χ3v) is 7.15. The number of sulfonamides is 1. The average molecular weight is 397 g/mol. The van der Waals surface area contributed by atoms with E-state index in [1.807, 2.05) is 32.9 Å². The second-order valence-corrected chi connectivity index (χ2v) is 9.99. The quantitative estimate of drug-likeness (QED) is 0.767. The first-order chi connectivity index (χ1) is 12.5. The number of aryl methyl sites for hydroxylation is 2. The van der Waals surface area contributed by atoms with E-state index >= 15 is 0 Å². The Morgan fingerprint density at radius 2 is 1.59 bits per heavy atom. The van der Waals surface area contributed by atoms with Crippen LogP contribution in [-0.2, 0) is 25.0 Å². The summed E-state index contributed by atoms with van der Waals surface area (Å²) < 4.78 is 33.1. The van der Waals surface area contributed by atoms with Crippen LogP contribution in [0.15, 0.2) is 17.0 Å². The van der Waals surface area contributed by atoms with Crippen LogP contribution in [0.4, 0.5) is 0 Å². The van der Waals surface area contributed by atoms with Crippen LogP contribution in [0.3, 0.4) is 0 Å². The van der Waals surface area contributed by atoms with Crippen molar-refractivity contribution in [1.82, 2.24) is 9.21 Å². The molecular formula is C20H32N2O4S. The van der Waals surface area contributed by atoms with Gasteiger partial charge >= 0.3 is 0 Å². The van der Waals surface area contributed by atoms with Crippen LogP contribution in [0.1, 0.15) is 44.4 Å². The van der Waals surface area contributed by atoms with Crippen molar-refractivity contribution in [3.05, 3.63) is 28.8 Å². The lowest BCUT2D eigenvalue weighted by atomic mass is 9.85. The molecular weight excluding hydrogens is 364 g/mol. The zero-order valence-corrected chi connectivity index (χ0v) is 18.1. The Morgan fingerprint density at radius 1 is 1.07 bits per heavy atom. The maximum atomic E-state index is 13.2. The molecule has 7 heteroatoms. The molecule has 1 saturated heterocycles. The third-order valence-electron chi connectivity index (χ3n) is 4.95. The van der Waals surface area contributed by atoms with Crippen LogP contribution in [-0.4, -0.2) is 62.9 Å². The van der Waals surface area contributed by atoms with Gasteiger partial charge in [-0.25, -0.2) is 8.42 Å². The summed E-state index contributed by atoms with van der Waals surface area (Å²) >= 11 is 0. The molecule has 0 saturated carbocycles. The molecule has 0 aromatic heterocycles. The number of carbonyl (C=O) groups excluding carboxylic acids is 1. The summed E-state index contributed by atoms with van der Waals surface area (Å²) in [5.74, 6) is -0.0872. The highest BCUT2D eigenvalue weighted by Crippen LogP contribution is 2.31. The SMILES string of the molecule is CCOCC(=O)N1CCN(S(=O)(=O)c2c(C)cc(C(C)(C)C)cc2C)CC1. The number of hydrogen-bond acceptors (Lipinski definition) is 4. The number of benzene rings is 1. The Balaban J connectivity index is 2.20. The topological polar surface area (TPSA) is 66.9 Å². The molecule has 1 aliphatic rings. The first kappa shape index (κ1) is 21.9. The van der Waals surface area contributed by atoms with Crippen molar-refractivity contribution in [2.75, 3.05) is 39.4 Å². The van der Waals surface area contributed by atoms with Crippen molar-refractivity contribution in [2.24, 2.45) is 0 Å². The number of nitrogens with zero attached hydrogens (tertiary/aromatic N) is 2. The van der Waals surface area contributed by atoms with Gasteiger partial charge in [-0.15, -0.1) is 0 Å². The van der Waals surface area contributed by atoms with Crippen molar-refractivity contribution in [2.45, 2.75) is 51.9 Å². The van der Waals surface area contributed by atoms with Crippen molar-refractivity contribution >= 4 is 15.9 Å². The summed E-state index contributed by atoms with van der Waals surface area (Å²) in [6.45, 7) is 13.8. The maximum Gasteiger partial charge on any atom is 0.248 e. The summed E-state index contributed by atoms with van der Waals surface area (Å²) in [6.07, 6.45) is 0. The minimum Gasteiger partial charge on any atom is -0.372 e. The Bertz CT molecular complexity index is 766. The minimum atomic E-state index is -3.59. The van der Waals surface area contributed by atoms with Gasteiger partial charge in [-0.2, -0.15) is 4.31 Å². The molecule has 1 aliphatic heterocycles. The lowest BCUT2D eigenvalue weighted by Gasteiger charge is -2.34. The first-order valence-corrected chi connectivity index (χ1v) is 10.9. The number of amides is 1. The largest absolute Gasteiger partial charge is 0.372 e. The van der Waals surface area contributed by atoms with E-state index in [-0.39, 0.29) is 17.9 Å². The third kappa shape index (κ3) is 4.89. The van der Waals surface area contributed by atoms with Gasteiger partial charge in [0.05, 0.1) is 4.90 Å². The zero-order valence-electron chi connectivity index (χ0n) is 17.3. The van der Waals surface area contributed by atoms with Gasteiger partial charge in [0.1, 0.15) is 6.61 Å². The monoisotopic (exact) mass is 396 g/mol. The average Bonchev–Trinajstić information content (AvgIpc) is 2.58. The molecule has 152 valence electrons. The predicted molar refractivity (Wildman–Crippen MR) is 106 cm³/mol. The highest BCUT2D eigenvalue weighted by molar-refractivity contribution is 7.89. The molecule has 2 rings (SSSR count). The predicted octanol–water partition coefficient (Wildman–Crippen LogP) is 2.47. The molecule has 6 nitrogen and oxygen atoms in total. The molecule has 1 amide bonds. The minimum absolute atomic E-state index is 0.0373. The number of rotatable bonds is 5. The normalized spacial score (nSPS) is 16.6. The second-order valence-electron chi connectivity index (χ2n) is 8.11. The summed E-state index contributed by atoms with van der Waals surface area (Å²) in [5, 5.41) is 0. The highest BCUT2D eigenvalue weighted by Gasteiger charge is 2.32. The van der Waals surface area contributed by atoms with Gasteiger partial charge < -0.3 is 9.64 Å². The van der Waals surface area contributed by atoms with Crippen LogP contribution in [0.2, 0.25) is 0 Å². The molecule has 0 bridgehead atoms. The molecule has 0 atom stereocenters. The number of carbonyl (C=O) groups is 1. The summed E-state index contributed by atoms with van der Waals surface area (Å²) in [7, 11) is -3.59. The van der Waals surface area contributed by atoms with Crippen molar-refractivity contribution < 1.29 is 17.9 Å². The van der Waals surface area contributed by atoms with Gasteiger partial charge in [0.15, 0.2) is 0 Å². The smallest absolute Gasteiger partial charge is 0.248 e.